The van der Waals surface area contributed by atoms with Gasteiger partial charge < -0.3 is 20.9 Å². The Morgan fingerprint density at radius 3 is 2.47 bits per heavy atom. The van der Waals surface area contributed by atoms with Gasteiger partial charge in [-0.05, 0) is 33.0 Å². The number of likely N-dealkylation sites (N-methyl/N-ethyl adjacent to an activating group) is 1. The fourth-order valence-electron chi connectivity index (χ4n) is 3.22. The molecule has 0 amide bonds. The number of nitrogens with one attached hydrogen (secondary N) is 1. The molecule has 1 aromatic heterocycles. The van der Waals surface area contributed by atoms with E-state index in [1.807, 2.05) is 19.1 Å². The third-order valence-electron chi connectivity index (χ3n) is 4.94. The van der Waals surface area contributed by atoms with E-state index in [9.17, 15) is 0 Å². The van der Waals surface area contributed by atoms with Crippen molar-refractivity contribution in [3.8, 4) is 0 Å². The van der Waals surface area contributed by atoms with Crippen LogP contribution < -0.4 is 5.73 Å². The van der Waals surface area contributed by atoms with Crippen LogP contribution in [0.5, 0.6) is 0 Å². The minimum atomic E-state index is 0. The van der Waals surface area contributed by atoms with Gasteiger partial charge in [0.2, 0.25) is 0 Å². The van der Waals surface area contributed by atoms with Crippen LogP contribution in [0.4, 0.5) is 0 Å². The molecule has 6 nitrogen and oxygen atoms in total. The number of H-pyrrole nitrogens is 1. The SMILES string of the molecule is C=Cc1cc[c-]cc1C(N)=NC(=C)c1nc(CCC)[nH]c1C.CCC.CCN1CC[N-]CC1.[Es]. The average molecular weight is 703 g/mol. The number of nitrogens with zero attached hydrogens (tertiary/aromatic N) is 4. The van der Waals surface area contributed by atoms with E-state index in [1.165, 1.54) is 26.1 Å². The van der Waals surface area contributed by atoms with E-state index in [-0.39, 0.29) is 0 Å². The molecule has 1 fully saturated rings. The number of aliphatic imine (C=N–C) groups is 1. The van der Waals surface area contributed by atoms with Crippen LogP contribution >= 0.6 is 0 Å². The van der Waals surface area contributed by atoms with Gasteiger partial charge in [0.1, 0.15) is 11.5 Å². The molecule has 1 aliphatic rings. The van der Waals surface area contributed by atoms with Crippen molar-refractivity contribution < 1.29 is 0 Å². The quantitative estimate of drug-likeness (QED) is 0.224. The van der Waals surface area contributed by atoms with Crippen molar-refractivity contribution in [2.75, 3.05) is 32.7 Å². The summed E-state index contributed by atoms with van der Waals surface area (Å²) in [4.78, 5) is 14.6. The number of amidine groups is 1. The molecular weight excluding hydrogens is 660 g/mol. The molecule has 34 heavy (non-hydrogen) atoms. The zero-order valence-electron chi connectivity index (χ0n) is 21.5. The van der Waals surface area contributed by atoms with Crippen molar-refractivity contribution in [3.05, 3.63) is 71.1 Å². The van der Waals surface area contributed by atoms with Crippen LogP contribution in [0.1, 0.15) is 68.9 Å². The number of imidazole rings is 1. The summed E-state index contributed by atoms with van der Waals surface area (Å²) in [5, 5.41) is 4.23. The van der Waals surface area contributed by atoms with Crippen molar-refractivity contribution in [1.82, 2.24) is 14.9 Å². The van der Waals surface area contributed by atoms with E-state index in [0.717, 1.165) is 54.3 Å². The molecule has 0 unspecified atom stereocenters. The Labute approximate surface area is 201 Å². The maximum absolute atomic E-state index is 6.11. The molecule has 0 aliphatic carbocycles. The fourth-order valence-corrected chi connectivity index (χ4v) is 3.22. The van der Waals surface area contributed by atoms with Gasteiger partial charge in [-0.15, -0.1) is 25.2 Å². The van der Waals surface area contributed by atoms with Gasteiger partial charge in [-0.25, -0.2) is 9.98 Å². The van der Waals surface area contributed by atoms with Gasteiger partial charge in [0.15, 0.2) is 0 Å². The summed E-state index contributed by atoms with van der Waals surface area (Å²) in [5.74, 6) is 1.33. The van der Waals surface area contributed by atoms with E-state index < -0.39 is 0 Å². The Kier molecular flexibility index (Phi) is 15.0. The number of hydrogen-bond acceptors (Lipinski definition) is 3. The minimum Gasteiger partial charge on any atom is -0.660 e. The number of aromatic amines is 1. The Balaban J connectivity index is 0.000000755. The molecule has 193 valence electrons. The van der Waals surface area contributed by atoms with Crippen LogP contribution in [0.3, 0.4) is 0 Å². The Hall–Kier alpha value is -3.70. The molecule has 2 heterocycles. The summed E-state index contributed by atoms with van der Waals surface area (Å²) in [6, 6.07) is 8.51. The van der Waals surface area contributed by atoms with Crippen molar-refractivity contribution in [3.63, 3.8) is 0 Å². The van der Waals surface area contributed by atoms with Gasteiger partial charge in [0, 0.05) is 12.1 Å². The molecule has 2 aromatic rings. The first-order valence-electron chi connectivity index (χ1n) is 12.0. The number of hydrogen-bond donors (Lipinski definition) is 2. The molecule has 0 saturated carbocycles. The monoisotopic (exact) mass is 702 g/mol. The van der Waals surface area contributed by atoms with E-state index in [2.05, 4.69) is 72.1 Å². The number of piperazine rings is 1. The molecule has 3 N–H and O–H groups in total. The Morgan fingerprint density at radius 2 is 1.94 bits per heavy atom. The first-order valence-corrected chi connectivity index (χ1v) is 12.0. The fraction of sp³-hybridized carbons (Fsp3) is 0.481. The second-order valence-electron chi connectivity index (χ2n) is 7.88. The molecule has 1 aromatic carbocycles. The molecule has 1 saturated heterocycles. The summed E-state index contributed by atoms with van der Waals surface area (Å²) >= 11 is 0. The smallest absolute Gasteiger partial charge is 0.109 e. The van der Waals surface area contributed by atoms with Crippen molar-refractivity contribution in [1.29, 1.82) is 0 Å². The zero-order chi connectivity index (χ0) is 24.6. The second kappa shape index (κ2) is 16.9. The Bertz CT molecular complexity index is 881. The molecule has 7 heteroatoms. The van der Waals surface area contributed by atoms with Crippen molar-refractivity contribution in [2.24, 2.45) is 10.7 Å². The minimum absolute atomic E-state index is 0. The van der Waals surface area contributed by atoms with Crippen molar-refractivity contribution >= 4 is 17.6 Å². The maximum atomic E-state index is 6.11. The molecule has 3 rings (SSSR count). The number of aryl methyl sites for hydroxylation is 2. The van der Waals surface area contributed by atoms with Crippen LogP contribution in [0.15, 0.2) is 36.3 Å². The van der Waals surface area contributed by atoms with Gasteiger partial charge in [-0.1, -0.05) is 52.3 Å². The third-order valence-corrected chi connectivity index (χ3v) is 4.94. The van der Waals surface area contributed by atoms with Gasteiger partial charge in [0.05, 0.1) is 11.5 Å². The number of benzene rings is 1. The predicted octanol–water partition coefficient (Wildman–Crippen LogP) is 5.60. The summed E-state index contributed by atoms with van der Waals surface area (Å²) in [6.07, 6.45) is 4.93. The summed E-state index contributed by atoms with van der Waals surface area (Å²) < 4.78 is 0. The summed E-state index contributed by atoms with van der Waals surface area (Å²) in [7, 11) is 0. The standard InChI is InChI=1S/C18H21N4.C6H13N2.C3H8.Es/c1-5-9-16-20-12(3)17(22-16)13(4)21-18(19)15-11-8-7-10-14(15)6-2;1-2-8-5-3-7-4-6-8;1-3-2;/h6-7,10-11H,2,4-5,9H2,1,3H3,(H2,19,21)(H,20,22);2-6H2,1H3;3H2,1-2H3;/q2*-1;;. The molecule has 1 radical (unpaired) electrons. The zero-order valence-corrected chi connectivity index (χ0v) is 24.1. The first kappa shape index (κ1) is 30.3. The molecule has 0 bridgehead atoms. The van der Waals surface area contributed by atoms with E-state index in [1.54, 1.807) is 12.1 Å². The normalized spacial score (nSPS) is 13.5. The van der Waals surface area contributed by atoms with Crippen LogP contribution in [0, 0.1) is 13.0 Å². The summed E-state index contributed by atoms with van der Waals surface area (Å²) in [5.41, 5.74) is 10.1. The van der Waals surface area contributed by atoms with Gasteiger partial charge in [-0.3, -0.25) is 0 Å². The van der Waals surface area contributed by atoms with E-state index in [0.29, 0.717) is 11.5 Å². The second-order valence-corrected chi connectivity index (χ2v) is 7.88. The van der Waals surface area contributed by atoms with Crippen LogP contribution in [0.25, 0.3) is 17.1 Å². The molecule has 1 aliphatic heterocycles. The topological polar surface area (TPSA) is 84.4 Å². The maximum Gasteiger partial charge on any atom is 0.109 e. The van der Waals surface area contributed by atoms with Gasteiger partial charge in [0.25, 0.3) is 0 Å². The van der Waals surface area contributed by atoms with Gasteiger partial charge >= 0.3 is 0 Å². The number of aromatic nitrogens is 2. The molecule has 0 spiro atoms. The number of rotatable bonds is 7. The number of nitrogens with two attached hydrogens (primary N) is 1. The predicted molar refractivity (Wildman–Crippen MR) is 144 cm³/mol. The Morgan fingerprint density at radius 1 is 1.29 bits per heavy atom. The van der Waals surface area contributed by atoms with E-state index >= 15 is 0 Å². The van der Waals surface area contributed by atoms with Crippen LogP contribution in [-0.4, -0.2) is 53.4 Å². The van der Waals surface area contributed by atoms with Gasteiger partial charge in [-0.2, -0.15) is 24.3 Å². The van der Waals surface area contributed by atoms with Crippen LogP contribution in [-0.2, 0) is 6.42 Å². The van der Waals surface area contributed by atoms with Crippen LogP contribution in [0.2, 0.25) is 0 Å². The largest absolute Gasteiger partial charge is 0.660 e. The van der Waals surface area contributed by atoms with E-state index in [4.69, 9.17) is 5.73 Å². The van der Waals surface area contributed by atoms with Crippen molar-refractivity contribution in [2.45, 2.75) is 53.9 Å². The third kappa shape index (κ3) is 9.84. The summed E-state index contributed by atoms with van der Waals surface area (Å²) in [6.45, 7) is 24.0. The average Bonchev–Trinajstić information content (AvgIpc) is 3.20. The molecular formula is C27H42EsN6-2. The first-order chi connectivity index (χ1) is 15.9. The molecule has 0 atom stereocenters.